The minimum absolute atomic E-state index is 0.0899. The lowest BCUT2D eigenvalue weighted by atomic mass is 9.90. The highest BCUT2D eigenvalue weighted by Crippen LogP contribution is 2.33. The van der Waals surface area contributed by atoms with Crippen LogP contribution in [0, 0.1) is 0 Å². The summed E-state index contributed by atoms with van der Waals surface area (Å²) in [6.45, 7) is 9.21. The molecule has 1 aromatic rings. The van der Waals surface area contributed by atoms with Gasteiger partial charge < -0.3 is 5.32 Å². The molecule has 2 nitrogen and oxygen atoms in total. The van der Waals surface area contributed by atoms with Gasteiger partial charge in [0.1, 0.15) is 0 Å². The summed E-state index contributed by atoms with van der Waals surface area (Å²) in [6.07, 6.45) is 0. The molecular formula is C16H24F2N2. The van der Waals surface area contributed by atoms with E-state index in [-0.39, 0.29) is 23.2 Å². The Morgan fingerprint density at radius 1 is 1.15 bits per heavy atom. The van der Waals surface area contributed by atoms with Crippen molar-refractivity contribution >= 4 is 0 Å². The summed E-state index contributed by atoms with van der Waals surface area (Å²) in [5, 5.41) is 3.42. The van der Waals surface area contributed by atoms with Crippen LogP contribution < -0.4 is 5.32 Å². The maximum absolute atomic E-state index is 14.5. The van der Waals surface area contributed by atoms with E-state index in [4.69, 9.17) is 0 Å². The molecule has 0 aliphatic carbocycles. The van der Waals surface area contributed by atoms with Crippen molar-refractivity contribution in [1.82, 2.24) is 10.2 Å². The average Bonchev–Trinajstić information content (AvgIpc) is 2.35. The van der Waals surface area contributed by atoms with Gasteiger partial charge in [-0.15, -0.1) is 0 Å². The highest BCUT2D eigenvalue weighted by Gasteiger charge is 2.43. The van der Waals surface area contributed by atoms with Crippen molar-refractivity contribution in [1.29, 1.82) is 0 Å². The van der Waals surface area contributed by atoms with Gasteiger partial charge in [0, 0.05) is 29.7 Å². The first-order valence-electron chi connectivity index (χ1n) is 7.06. The summed E-state index contributed by atoms with van der Waals surface area (Å²) in [4.78, 5) is 1.90. The van der Waals surface area contributed by atoms with Crippen LogP contribution >= 0.6 is 0 Å². The van der Waals surface area contributed by atoms with Crippen LogP contribution in [0.25, 0.3) is 0 Å². The monoisotopic (exact) mass is 282 g/mol. The van der Waals surface area contributed by atoms with Crippen LogP contribution in [0.1, 0.15) is 33.3 Å². The Morgan fingerprint density at radius 3 is 2.35 bits per heavy atom. The topological polar surface area (TPSA) is 15.3 Å². The molecule has 1 aromatic carbocycles. The van der Waals surface area contributed by atoms with Gasteiger partial charge in [0.25, 0.3) is 5.92 Å². The molecular weight excluding hydrogens is 258 g/mol. The van der Waals surface area contributed by atoms with Gasteiger partial charge >= 0.3 is 0 Å². The molecule has 1 aliphatic rings. The SMILES string of the molecule is CC1(C)CN(CC(F)(F)c2ccccc2)C(C)(C)CN1. The Morgan fingerprint density at radius 2 is 1.75 bits per heavy atom. The molecule has 1 saturated heterocycles. The van der Waals surface area contributed by atoms with Gasteiger partial charge in [-0.2, -0.15) is 8.78 Å². The van der Waals surface area contributed by atoms with E-state index in [9.17, 15) is 8.78 Å². The standard InChI is InChI=1S/C16H24F2N2/c1-14(2)11-20(15(3,4)10-19-14)12-16(17,18)13-8-6-5-7-9-13/h5-9,19H,10-12H2,1-4H3. The molecule has 0 radical (unpaired) electrons. The van der Waals surface area contributed by atoms with Gasteiger partial charge in [-0.25, -0.2) is 0 Å². The third-order valence-electron chi connectivity index (χ3n) is 4.03. The van der Waals surface area contributed by atoms with Crippen LogP contribution in [0.3, 0.4) is 0 Å². The lowest BCUT2D eigenvalue weighted by Crippen LogP contribution is -2.67. The molecule has 1 aliphatic heterocycles. The molecule has 0 aromatic heterocycles. The van der Waals surface area contributed by atoms with Crippen molar-refractivity contribution in [3.8, 4) is 0 Å². The zero-order chi connectivity index (χ0) is 15.0. The van der Waals surface area contributed by atoms with Crippen molar-refractivity contribution in [3.05, 3.63) is 35.9 Å². The number of alkyl halides is 2. The number of piperazine rings is 1. The van der Waals surface area contributed by atoms with Gasteiger partial charge in [0.15, 0.2) is 0 Å². The van der Waals surface area contributed by atoms with Crippen molar-refractivity contribution in [2.24, 2.45) is 0 Å². The highest BCUT2D eigenvalue weighted by molar-refractivity contribution is 5.20. The summed E-state index contributed by atoms with van der Waals surface area (Å²) >= 11 is 0. The number of nitrogens with zero attached hydrogens (tertiary/aromatic N) is 1. The van der Waals surface area contributed by atoms with E-state index in [2.05, 4.69) is 19.2 Å². The zero-order valence-corrected chi connectivity index (χ0v) is 12.7. The van der Waals surface area contributed by atoms with Crippen molar-refractivity contribution in [2.45, 2.75) is 44.7 Å². The molecule has 20 heavy (non-hydrogen) atoms. The van der Waals surface area contributed by atoms with Gasteiger partial charge in [-0.1, -0.05) is 30.3 Å². The lowest BCUT2D eigenvalue weighted by Gasteiger charge is -2.50. The molecule has 1 N–H and O–H groups in total. The number of hydrogen-bond acceptors (Lipinski definition) is 2. The molecule has 0 saturated carbocycles. The van der Waals surface area contributed by atoms with Crippen molar-refractivity contribution < 1.29 is 8.78 Å². The van der Waals surface area contributed by atoms with Crippen LogP contribution in [-0.4, -0.2) is 35.6 Å². The summed E-state index contributed by atoms with van der Waals surface area (Å²) < 4.78 is 28.9. The van der Waals surface area contributed by atoms with E-state index in [1.807, 2.05) is 18.7 Å². The average molecular weight is 282 g/mol. The number of halogens is 2. The molecule has 0 spiro atoms. The fraction of sp³-hybridized carbons (Fsp3) is 0.625. The van der Waals surface area contributed by atoms with Crippen LogP contribution in [0.15, 0.2) is 30.3 Å². The van der Waals surface area contributed by atoms with Crippen LogP contribution in [0.5, 0.6) is 0 Å². The second kappa shape index (κ2) is 5.08. The second-order valence-corrected chi connectivity index (χ2v) is 6.98. The zero-order valence-electron chi connectivity index (χ0n) is 12.7. The molecule has 0 unspecified atom stereocenters. The molecule has 112 valence electrons. The van der Waals surface area contributed by atoms with E-state index in [0.29, 0.717) is 13.1 Å². The smallest absolute Gasteiger partial charge is 0.285 e. The van der Waals surface area contributed by atoms with Gasteiger partial charge in [-0.3, -0.25) is 4.90 Å². The Bertz CT molecular complexity index is 455. The Labute approximate surface area is 120 Å². The molecule has 0 amide bonds. The van der Waals surface area contributed by atoms with Gasteiger partial charge in [-0.05, 0) is 27.7 Å². The van der Waals surface area contributed by atoms with E-state index in [0.717, 1.165) is 0 Å². The molecule has 0 atom stereocenters. The molecule has 2 rings (SSSR count). The first kappa shape index (κ1) is 15.4. The number of benzene rings is 1. The number of hydrogen-bond donors (Lipinski definition) is 1. The maximum Gasteiger partial charge on any atom is 0.285 e. The summed E-state index contributed by atoms with van der Waals surface area (Å²) in [7, 11) is 0. The minimum Gasteiger partial charge on any atom is -0.309 e. The summed E-state index contributed by atoms with van der Waals surface area (Å²) in [5.74, 6) is -2.83. The highest BCUT2D eigenvalue weighted by atomic mass is 19.3. The molecule has 1 fully saturated rings. The third kappa shape index (κ3) is 3.36. The van der Waals surface area contributed by atoms with Crippen molar-refractivity contribution in [3.63, 3.8) is 0 Å². The lowest BCUT2D eigenvalue weighted by molar-refractivity contribution is -0.0797. The van der Waals surface area contributed by atoms with Crippen LogP contribution in [0.4, 0.5) is 8.78 Å². The number of nitrogens with one attached hydrogen (secondary N) is 1. The summed E-state index contributed by atoms with van der Waals surface area (Å²) in [6, 6.07) is 8.09. The van der Waals surface area contributed by atoms with E-state index in [1.54, 1.807) is 18.2 Å². The van der Waals surface area contributed by atoms with E-state index < -0.39 is 5.92 Å². The Balaban J connectivity index is 2.18. The van der Waals surface area contributed by atoms with E-state index >= 15 is 0 Å². The molecule has 4 heteroatoms. The second-order valence-electron chi connectivity index (χ2n) is 6.98. The fourth-order valence-corrected chi connectivity index (χ4v) is 2.60. The predicted octanol–water partition coefficient (Wildman–Crippen LogP) is 3.24. The Kier molecular flexibility index (Phi) is 3.91. The Hall–Kier alpha value is -1.00. The first-order valence-corrected chi connectivity index (χ1v) is 7.06. The first-order chi connectivity index (χ1) is 9.12. The fourth-order valence-electron chi connectivity index (χ4n) is 2.60. The predicted molar refractivity (Wildman–Crippen MR) is 78.1 cm³/mol. The summed E-state index contributed by atoms with van der Waals surface area (Å²) in [5.41, 5.74) is -0.317. The van der Waals surface area contributed by atoms with E-state index in [1.165, 1.54) is 12.1 Å². The molecule has 1 heterocycles. The quantitative estimate of drug-likeness (QED) is 0.915. The van der Waals surface area contributed by atoms with Gasteiger partial charge in [0.05, 0.1) is 6.54 Å². The third-order valence-corrected chi connectivity index (χ3v) is 4.03. The largest absolute Gasteiger partial charge is 0.309 e. The normalized spacial score (nSPS) is 22.7. The maximum atomic E-state index is 14.5. The van der Waals surface area contributed by atoms with Crippen LogP contribution in [-0.2, 0) is 5.92 Å². The van der Waals surface area contributed by atoms with Crippen molar-refractivity contribution in [2.75, 3.05) is 19.6 Å². The number of rotatable bonds is 3. The molecule has 0 bridgehead atoms. The van der Waals surface area contributed by atoms with Crippen LogP contribution in [0.2, 0.25) is 0 Å². The minimum atomic E-state index is -2.83. The van der Waals surface area contributed by atoms with Gasteiger partial charge in [0.2, 0.25) is 0 Å².